The maximum absolute atomic E-state index is 11.7. The molecule has 88 valence electrons. The van der Waals surface area contributed by atoms with Gasteiger partial charge in [0.15, 0.2) is 5.78 Å². The molecule has 1 aromatic carbocycles. The van der Waals surface area contributed by atoms with Crippen LogP contribution < -0.4 is 0 Å². The molecular formula is C16H18O. The molecule has 0 aliphatic heterocycles. The summed E-state index contributed by atoms with van der Waals surface area (Å²) < 4.78 is 0. The van der Waals surface area contributed by atoms with Gasteiger partial charge >= 0.3 is 0 Å². The highest BCUT2D eigenvalue weighted by Gasteiger charge is 2.22. The first kappa shape index (κ1) is 11.8. The van der Waals surface area contributed by atoms with E-state index in [4.69, 9.17) is 0 Å². The van der Waals surface area contributed by atoms with Crippen molar-refractivity contribution in [1.29, 1.82) is 0 Å². The van der Waals surface area contributed by atoms with Gasteiger partial charge in [-0.15, -0.1) is 0 Å². The molecule has 0 spiro atoms. The molecule has 0 fully saturated rings. The molecule has 1 nitrogen and oxygen atoms in total. The van der Waals surface area contributed by atoms with E-state index in [2.05, 4.69) is 32.1 Å². The molecule has 1 heteroatoms. The van der Waals surface area contributed by atoms with Crippen LogP contribution in [-0.4, -0.2) is 5.78 Å². The Morgan fingerprint density at radius 3 is 2.59 bits per heavy atom. The van der Waals surface area contributed by atoms with Crippen LogP contribution in [0.25, 0.3) is 5.57 Å². The molecular weight excluding hydrogens is 208 g/mol. The molecule has 0 saturated heterocycles. The summed E-state index contributed by atoms with van der Waals surface area (Å²) in [6.07, 6.45) is 3.87. The van der Waals surface area contributed by atoms with Crippen molar-refractivity contribution in [1.82, 2.24) is 0 Å². The minimum Gasteiger partial charge on any atom is -0.295 e. The predicted molar refractivity (Wildman–Crippen MR) is 71.8 cm³/mol. The van der Waals surface area contributed by atoms with Gasteiger partial charge in [-0.25, -0.2) is 0 Å². The van der Waals surface area contributed by atoms with Crippen LogP contribution in [0.5, 0.6) is 0 Å². The summed E-state index contributed by atoms with van der Waals surface area (Å²) >= 11 is 0. The second kappa shape index (κ2) is 4.70. The van der Waals surface area contributed by atoms with E-state index >= 15 is 0 Å². The average molecular weight is 226 g/mol. The zero-order valence-electron chi connectivity index (χ0n) is 10.7. The lowest BCUT2D eigenvalue weighted by Gasteiger charge is -2.04. The van der Waals surface area contributed by atoms with Crippen molar-refractivity contribution < 1.29 is 4.79 Å². The van der Waals surface area contributed by atoms with Crippen molar-refractivity contribution in [3.8, 4) is 0 Å². The number of fused-ring (bicyclic) bond motifs is 1. The molecule has 2 rings (SSSR count). The van der Waals surface area contributed by atoms with E-state index in [-0.39, 0.29) is 5.78 Å². The lowest BCUT2D eigenvalue weighted by molar-refractivity contribution is -0.113. The fourth-order valence-electron chi connectivity index (χ4n) is 2.30. The third kappa shape index (κ3) is 2.38. The van der Waals surface area contributed by atoms with Crippen molar-refractivity contribution in [3.05, 3.63) is 52.6 Å². The molecule has 0 unspecified atom stereocenters. The molecule has 0 aromatic heterocycles. The molecule has 0 bridgehead atoms. The highest BCUT2D eigenvalue weighted by atomic mass is 16.1. The molecule has 0 atom stereocenters. The minimum atomic E-state index is 0.207. The number of benzene rings is 1. The number of Topliss-reactive ketones (excluding diaryl/α,β-unsaturated/α-hetero) is 1. The molecule has 1 aliphatic carbocycles. The first-order valence-corrected chi connectivity index (χ1v) is 6.04. The number of ketones is 1. The van der Waals surface area contributed by atoms with E-state index in [1.807, 2.05) is 12.1 Å². The number of hydrogen-bond acceptors (Lipinski definition) is 1. The quantitative estimate of drug-likeness (QED) is 0.713. The predicted octanol–water partition coefficient (Wildman–Crippen LogP) is 3.94. The fraction of sp³-hybridized carbons (Fsp3) is 0.312. The van der Waals surface area contributed by atoms with Crippen molar-refractivity contribution in [2.75, 3.05) is 0 Å². The van der Waals surface area contributed by atoms with Crippen molar-refractivity contribution in [2.45, 2.75) is 33.6 Å². The van der Waals surface area contributed by atoms with Gasteiger partial charge in [-0.1, -0.05) is 35.9 Å². The van der Waals surface area contributed by atoms with Crippen LogP contribution in [0.15, 0.2) is 41.5 Å². The zero-order chi connectivity index (χ0) is 12.4. The number of rotatable bonds is 3. The van der Waals surface area contributed by atoms with Gasteiger partial charge in [-0.2, -0.15) is 0 Å². The summed E-state index contributed by atoms with van der Waals surface area (Å²) in [7, 11) is 0. The summed E-state index contributed by atoms with van der Waals surface area (Å²) in [5.74, 6) is 0.207. The largest absolute Gasteiger partial charge is 0.295 e. The van der Waals surface area contributed by atoms with E-state index in [1.54, 1.807) is 6.92 Å². The van der Waals surface area contributed by atoms with Crippen LogP contribution in [0.1, 0.15) is 38.3 Å². The first-order chi connectivity index (χ1) is 8.09. The van der Waals surface area contributed by atoms with Gasteiger partial charge in [-0.3, -0.25) is 4.79 Å². The Kier molecular flexibility index (Phi) is 3.28. The van der Waals surface area contributed by atoms with E-state index in [0.29, 0.717) is 0 Å². The Bertz CT molecular complexity index is 514. The molecule has 0 N–H and O–H groups in total. The van der Waals surface area contributed by atoms with Gasteiger partial charge in [-0.05, 0) is 43.9 Å². The molecule has 0 amide bonds. The Morgan fingerprint density at radius 2 is 1.94 bits per heavy atom. The third-order valence-corrected chi connectivity index (χ3v) is 3.21. The summed E-state index contributed by atoms with van der Waals surface area (Å²) in [5, 5.41) is 0. The molecule has 1 aromatic rings. The Labute approximate surface area is 103 Å². The summed E-state index contributed by atoms with van der Waals surface area (Å²) in [5.41, 5.74) is 6.05. The van der Waals surface area contributed by atoms with Crippen LogP contribution in [0.2, 0.25) is 0 Å². The molecule has 1 aliphatic rings. The molecule has 0 heterocycles. The van der Waals surface area contributed by atoms with Crippen LogP contribution in [-0.2, 0) is 11.2 Å². The lowest BCUT2D eigenvalue weighted by atomic mass is 10.0. The van der Waals surface area contributed by atoms with Crippen molar-refractivity contribution in [2.24, 2.45) is 0 Å². The summed E-state index contributed by atoms with van der Waals surface area (Å²) in [6.45, 7) is 5.85. The Morgan fingerprint density at radius 1 is 1.24 bits per heavy atom. The van der Waals surface area contributed by atoms with Gasteiger partial charge in [0.25, 0.3) is 0 Å². The first-order valence-electron chi connectivity index (χ1n) is 6.04. The Balaban J connectivity index is 2.43. The molecule has 0 saturated carbocycles. The maximum atomic E-state index is 11.7. The standard InChI is InChI=1S/C16H18O/c1-11(2)8-9-15-14-7-5-4-6-13(14)10-16(15)12(3)17/h4-8H,9-10H2,1-3H3. The number of hydrogen-bond donors (Lipinski definition) is 0. The highest BCUT2D eigenvalue weighted by Crippen LogP contribution is 2.35. The molecule has 0 radical (unpaired) electrons. The summed E-state index contributed by atoms with van der Waals surface area (Å²) in [4.78, 5) is 11.7. The van der Waals surface area contributed by atoms with E-state index in [9.17, 15) is 4.79 Å². The van der Waals surface area contributed by atoms with Crippen LogP contribution in [0.4, 0.5) is 0 Å². The number of carbonyl (C=O) groups excluding carboxylic acids is 1. The van der Waals surface area contributed by atoms with E-state index in [0.717, 1.165) is 18.4 Å². The van der Waals surface area contributed by atoms with Gasteiger partial charge in [0.1, 0.15) is 0 Å². The van der Waals surface area contributed by atoms with Crippen molar-refractivity contribution >= 4 is 11.4 Å². The van der Waals surface area contributed by atoms with E-state index < -0.39 is 0 Å². The van der Waals surface area contributed by atoms with E-state index in [1.165, 1.54) is 22.3 Å². The second-order valence-electron chi connectivity index (χ2n) is 4.83. The van der Waals surface area contributed by atoms with Crippen LogP contribution in [0.3, 0.4) is 0 Å². The van der Waals surface area contributed by atoms with Gasteiger partial charge in [0.2, 0.25) is 0 Å². The van der Waals surface area contributed by atoms with Gasteiger partial charge in [0, 0.05) is 12.0 Å². The van der Waals surface area contributed by atoms with Gasteiger partial charge < -0.3 is 0 Å². The average Bonchev–Trinajstić information content (AvgIpc) is 2.65. The third-order valence-electron chi connectivity index (χ3n) is 3.21. The normalized spacial score (nSPS) is 13.6. The van der Waals surface area contributed by atoms with Crippen LogP contribution >= 0.6 is 0 Å². The number of carbonyl (C=O) groups is 1. The monoisotopic (exact) mass is 226 g/mol. The van der Waals surface area contributed by atoms with Crippen LogP contribution in [0, 0.1) is 0 Å². The SMILES string of the molecule is CC(=O)C1=C(CC=C(C)C)c2ccccc2C1. The van der Waals surface area contributed by atoms with Gasteiger partial charge in [0.05, 0.1) is 0 Å². The Hall–Kier alpha value is -1.63. The highest BCUT2D eigenvalue weighted by molar-refractivity contribution is 6.04. The summed E-state index contributed by atoms with van der Waals surface area (Å²) in [6, 6.07) is 8.33. The molecule has 17 heavy (non-hydrogen) atoms. The second-order valence-corrected chi connectivity index (χ2v) is 4.83. The zero-order valence-corrected chi connectivity index (χ0v) is 10.7. The topological polar surface area (TPSA) is 17.1 Å². The minimum absolute atomic E-state index is 0.207. The smallest absolute Gasteiger partial charge is 0.156 e. The lowest BCUT2D eigenvalue weighted by Crippen LogP contribution is -1.97. The maximum Gasteiger partial charge on any atom is 0.156 e. The fourth-order valence-corrected chi connectivity index (χ4v) is 2.30. The number of allylic oxidation sites excluding steroid dienone is 4. The van der Waals surface area contributed by atoms with Crippen molar-refractivity contribution in [3.63, 3.8) is 0 Å².